The molecule has 14 atom stereocenters. The summed E-state index contributed by atoms with van der Waals surface area (Å²) in [7, 11) is 0. The number of allylic oxidation sites excluding steroid dienone is 7. The fourth-order valence-corrected chi connectivity index (χ4v) is 7.57. The molecule has 8 nitrogen and oxygen atoms in total. The molecule has 0 aromatic rings. The van der Waals surface area contributed by atoms with Gasteiger partial charge in [0.2, 0.25) is 5.91 Å². The molecule has 2 saturated heterocycles. The Labute approximate surface area is 303 Å². The van der Waals surface area contributed by atoms with Crippen molar-refractivity contribution in [3.8, 4) is 0 Å². The molecule has 0 bridgehead atoms. The zero-order valence-corrected chi connectivity index (χ0v) is 32.7. The van der Waals surface area contributed by atoms with Gasteiger partial charge in [-0.3, -0.25) is 4.79 Å². The van der Waals surface area contributed by atoms with Gasteiger partial charge in [-0.05, 0) is 70.1 Å². The standard InChI is InChI=1S/C42H71NO7/c1-11-35-24-30(6)42(43-41(35)49)34(10)40(48)33(9)38(50-42)25-37(46)28(4)20-16-12-14-18-26(2)27(3)19-15-13-17-21-36(45)32(8)39(47)29(5)22-23-31(7)44/h12-15,17-18,21,27-30,32-40,45-48H,11,16,19-20,22-25H2,1-10H3,(H,43,49)/b14-12+,15-13+,21-17+,26-18+/t27-,28-,29+,30-,32-,33-,34-,35-,36-,37-,38-,39-,40-,42+/m0/s1. The predicted octanol–water partition coefficient (Wildman–Crippen LogP) is 7.07. The zero-order valence-electron chi connectivity index (χ0n) is 32.7. The number of ether oxygens (including phenoxy) is 1. The first-order valence-electron chi connectivity index (χ1n) is 19.3. The second kappa shape index (κ2) is 20.8. The molecular weight excluding hydrogens is 630 g/mol. The fraction of sp³-hybridized carbons (Fsp3) is 0.762. The molecule has 0 unspecified atom stereocenters. The van der Waals surface area contributed by atoms with Gasteiger partial charge in [-0.1, -0.05) is 103 Å². The van der Waals surface area contributed by atoms with E-state index in [9.17, 15) is 30.0 Å². The number of hydrogen-bond acceptors (Lipinski definition) is 7. The van der Waals surface area contributed by atoms with Crippen molar-refractivity contribution in [2.24, 2.45) is 47.3 Å². The molecule has 2 aliphatic heterocycles. The normalized spacial score (nSPS) is 32.3. The maximum atomic E-state index is 12.9. The van der Waals surface area contributed by atoms with Gasteiger partial charge in [0.15, 0.2) is 0 Å². The average Bonchev–Trinajstić information content (AvgIpc) is 3.08. The second-order valence-electron chi connectivity index (χ2n) is 16.0. The number of amides is 1. The molecule has 286 valence electrons. The Morgan fingerprint density at radius 3 is 2.32 bits per heavy atom. The molecule has 0 saturated carbocycles. The van der Waals surface area contributed by atoms with E-state index in [2.05, 4.69) is 57.3 Å². The summed E-state index contributed by atoms with van der Waals surface area (Å²) >= 11 is 0. The van der Waals surface area contributed by atoms with E-state index < -0.39 is 30.1 Å². The number of rotatable bonds is 19. The quantitative estimate of drug-likeness (QED) is 0.0910. The summed E-state index contributed by atoms with van der Waals surface area (Å²) in [6.07, 6.45) is 16.4. The lowest BCUT2D eigenvalue weighted by Gasteiger charge is -2.56. The second-order valence-corrected chi connectivity index (χ2v) is 16.0. The minimum Gasteiger partial charge on any atom is -0.393 e. The van der Waals surface area contributed by atoms with E-state index >= 15 is 0 Å². The summed E-state index contributed by atoms with van der Waals surface area (Å²) in [5.41, 5.74) is 0.348. The van der Waals surface area contributed by atoms with Gasteiger partial charge in [0, 0.05) is 42.4 Å². The Bertz CT molecular complexity index is 1180. The van der Waals surface area contributed by atoms with Crippen LogP contribution in [-0.2, 0) is 14.3 Å². The van der Waals surface area contributed by atoms with Gasteiger partial charge in [-0.2, -0.15) is 0 Å². The van der Waals surface area contributed by atoms with Gasteiger partial charge in [-0.15, -0.1) is 0 Å². The number of aliphatic hydroxyl groups is 4. The molecule has 2 aliphatic rings. The van der Waals surface area contributed by atoms with Crippen LogP contribution in [0.4, 0.5) is 0 Å². The predicted molar refractivity (Wildman–Crippen MR) is 202 cm³/mol. The first-order chi connectivity index (χ1) is 23.5. The minimum absolute atomic E-state index is 0.00479. The van der Waals surface area contributed by atoms with Crippen molar-refractivity contribution in [3.63, 3.8) is 0 Å². The van der Waals surface area contributed by atoms with Crippen LogP contribution < -0.4 is 5.32 Å². The number of hydrogen-bond donors (Lipinski definition) is 5. The number of carbonyl (C=O) groups excluding carboxylic acids is 2. The molecule has 50 heavy (non-hydrogen) atoms. The van der Waals surface area contributed by atoms with Gasteiger partial charge < -0.3 is 35.3 Å². The van der Waals surface area contributed by atoms with E-state index in [1.54, 1.807) is 13.0 Å². The zero-order chi connectivity index (χ0) is 37.8. The van der Waals surface area contributed by atoms with Crippen LogP contribution in [0, 0.1) is 47.3 Å². The molecule has 0 aromatic heterocycles. The maximum Gasteiger partial charge on any atom is 0.225 e. The van der Waals surface area contributed by atoms with Crippen molar-refractivity contribution in [2.75, 3.05) is 0 Å². The number of aliphatic hydroxyl groups excluding tert-OH is 4. The highest BCUT2D eigenvalue weighted by molar-refractivity contribution is 5.80. The number of nitrogens with one attached hydrogen (secondary N) is 1. The van der Waals surface area contributed by atoms with Crippen LogP contribution in [0.25, 0.3) is 0 Å². The van der Waals surface area contributed by atoms with Crippen LogP contribution >= 0.6 is 0 Å². The van der Waals surface area contributed by atoms with E-state index in [1.807, 2.05) is 46.8 Å². The van der Waals surface area contributed by atoms with Crippen LogP contribution in [-0.4, -0.2) is 68.4 Å². The van der Waals surface area contributed by atoms with Crippen molar-refractivity contribution in [2.45, 2.75) is 157 Å². The highest BCUT2D eigenvalue weighted by Crippen LogP contribution is 2.46. The van der Waals surface area contributed by atoms with Crippen molar-refractivity contribution >= 4 is 11.7 Å². The lowest BCUT2D eigenvalue weighted by atomic mass is 9.69. The largest absolute Gasteiger partial charge is 0.393 e. The summed E-state index contributed by atoms with van der Waals surface area (Å²) in [6.45, 7) is 19.7. The van der Waals surface area contributed by atoms with E-state index in [4.69, 9.17) is 4.74 Å². The smallest absolute Gasteiger partial charge is 0.225 e. The third-order valence-electron chi connectivity index (χ3n) is 12.1. The van der Waals surface area contributed by atoms with Crippen LogP contribution in [0.2, 0.25) is 0 Å². The van der Waals surface area contributed by atoms with Crippen LogP contribution in [0.15, 0.2) is 48.1 Å². The fourth-order valence-electron chi connectivity index (χ4n) is 7.57. The summed E-state index contributed by atoms with van der Waals surface area (Å²) in [5.74, 6) is -0.255. The highest BCUT2D eigenvalue weighted by Gasteiger charge is 2.57. The van der Waals surface area contributed by atoms with Crippen LogP contribution in [0.1, 0.15) is 121 Å². The molecule has 1 amide bonds. The minimum atomic E-state index is -0.915. The molecule has 0 radical (unpaired) electrons. The summed E-state index contributed by atoms with van der Waals surface area (Å²) in [4.78, 5) is 24.1. The van der Waals surface area contributed by atoms with E-state index in [0.29, 0.717) is 25.2 Å². The average molecular weight is 702 g/mol. The highest BCUT2D eigenvalue weighted by atomic mass is 16.5. The molecule has 0 aliphatic carbocycles. The molecular formula is C42H71NO7. The molecule has 0 aromatic carbocycles. The van der Waals surface area contributed by atoms with Gasteiger partial charge in [-0.25, -0.2) is 0 Å². The van der Waals surface area contributed by atoms with Crippen LogP contribution in [0.5, 0.6) is 0 Å². The molecule has 2 heterocycles. The molecule has 1 spiro atoms. The monoisotopic (exact) mass is 702 g/mol. The van der Waals surface area contributed by atoms with Crippen molar-refractivity contribution in [3.05, 3.63) is 48.1 Å². The first kappa shape index (κ1) is 44.1. The Balaban J connectivity index is 1.81. The van der Waals surface area contributed by atoms with Gasteiger partial charge in [0.05, 0.1) is 30.5 Å². The summed E-state index contributed by atoms with van der Waals surface area (Å²) in [5, 5.41) is 46.6. The summed E-state index contributed by atoms with van der Waals surface area (Å²) in [6, 6.07) is 0. The topological polar surface area (TPSA) is 136 Å². The van der Waals surface area contributed by atoms with E-state index in [1.165, 1.54) is 5.57 Å². The Morgan fingerprint density at radius 1 is 1.00 bits per heavy atom. The first-order valence-corrected chi connectivity index (χ1v) is 19.3. The molecule has 2 rings (SSSR count). The Hall–Kier alpha value is -2.10. The van der Waals surface area contributed by atoms with Crippen molar-refractivity contribution in [1.82, 2.24) is 5.32 Å². The van der Waals surface area contributed by atoms with Crippen molar-refractivity contribution < 1.29 is 34.8 Å². The van der Waals surface area contributed by atoms with Crippen molar-refractivity contribution in [1.29, 1.82) is 0 Å². The van der Waals surface area contributed by atoms with E-state index in [-0.39, 0.29) is 59.2 Å². The van der Waals surface area contributed by atoms with E-state index in [0.717, 1.165) is 32.1 Å². The number of piperidine rings is 1. The number of Topliss-reactive ketones (excluding diaryl/α,β-unsaturated/α-hetero) is 1. The lowest BCUT2D eigenvalue weighted by Crippen LogP contribution is -2.71. The number of carbonyl (C=O) groups is 2. The SMILES string of the molecule is CC[C@H]1C[C@H](C)[C@@]2(NC1=O)O[C@@H](C[C@H](O)[C@@H](C)CC/C=C/C=C(\C)[C@@H](C)C/C=C/C=C/[C@H](O)[C@H](C)[C@@H](O)[C@H](C)CCC(C)=O)[C@H](C)[C@H](O)[C@@H]2C. The lowest BCUT2D eigenvalue weighted by molar-refractivity contribution is -0.267. The number of ketones is 1. The van der Waals surface area contributed by atoms with Crippen LogP contribution in [0.3, 0.4) is 0 Å². The maximum absolute atomic E-state index is 12.9. The third-order valence-corrected chi connectivity index (χ3v) is 12.1. The van der Waals surface area contributed by atoms with Gasteiger partial charge in [0.25, 0.3) is 0 Å². The third kappa shape index (κ3) is 12.3. The Kier molecular flexibility index (Phi) is 18.3. The van der Waals surface area contributed by atoms with Gasteiger partial charge >= 0.3 is 0 Å². The molecule has 2 fully saturated rings. The van der Waals surface area contributed by atoms with Gasteiger partial charge in [0.1, 0.15) is 11.5 Å². The Morgan fingerprint density at radius 2 is 1.68 bits per heavy atom. The summed E-state index contributed by atoms with van der Waals surface area (Å²) < 4.78 is 6.68. The molecule has 8 heteroatoms. The molecule has 5 N–H and O–H groups in total.